The third kappa shape index (κ3) is 2.31. The van der Waals surface area contributed by atoms with Gasteiger partial charge in [0.15, 0.2) is 0 Å². The third-order valence-electron chi connectivity index (χ3n) is 2.57. The monoisotopic (exact) mass is 237 g/mol. The molecule has 5 heteroatoms. The number of nitrogens with one attached hydrogen (secondary N) is 1. The Hall–Kier alpha value is -1.20. The lowest BCUT2D eigenvalue weighted by molar-refractivity contribution is 0.467. The normalized spacial score (nSPS) is 12.9. The van der Waals surface area contributed by atoms with Crippen LogP contribution in [-0.2, 0) is 12.8 Å². The minimum Gasteiger partial charge on any atom is -0.469 e. The van der Waals surface area contributed by atoms with Crippen LogP contribution in [0.25, 0.3) is 0 Å². The SMILES string of the molecule is CCc1nnsc1C(Cc1ccco1)NC. The summed E-state index contributed by atoms with van der Waals surface area (Å²) in [6.07, 6.45) is 3.45. The number of aryl methyl sites for hydroxylation is 1. The van der Waals surface area contributed by atoms with E-state index in [1.54, 1.807) is 6.26 Å². The van der Waals surface area contributed by atoms with Gasteiger partial charge in [-0.05, 0) is 37.1 Å². The van der Waals surface area contributed by atoms with Gasteiger partial charge in [0.05, 0.1) is 22.9 Å². The Morgan fingerprint density at radius 3 is 3.06 bits per heavy atom. The summed E-state index contributed by atoms with van der Waals surface area (Å²) < 4.78 is 9.37. The number of hydrogen-bond acceptors (Lipinski definition) is 5. The predicted octanol–water partition coefficient (Wildman–Crippen LogP) is 2.20. The van der Waals surface area contributed by atoms with Gasteiger partial charge in [-0.25, -0.2) is 0 Å². The highest BCUT2D eigenvalue weighted by molar-refractivity contribution is 7.05. The Labute approximate surface area is 98.8 Å². The molecule has 1 unspecified atom stereocenters. The van der Waals surface area contributed by atoms with Gasteiger partial charge < -0.3 is 9.73 Å². The van der Waals surface area contributed by atoms with Crippen LogP contribution in [0.3, 0.4) is 0 Å². The molecule has 0 bridgehead atoms. The Balaban J connectivity index is 2.16. The van der Waals surface area contributed by atoms with Crippen LogP contribution < -0.4 is 5.32 Å². The Morgan fingerprint density at radius 2 is 2.44 bits per heavy atom. The summed E-state index contributed by atoms with van der Waals surface area (Å²) in [5.41, 5.74) is 1.08. The molecule has 2 aromatic heterocycles. The van der Waals surface area contributed by atoms with E-state index in [0.717, 1.165) is 24.3 Å². The van der Waals surface area contributed by atoms with Crippen molar-refractivity contribution in [2.75, 3.05) is 7.05 Å². The van der Waals surface area contributed by atoms with Crippen LogP contribution in [0.4, 0.5) is 0 Å². The number of furan rings is 1. The summed E-state index contributed by atoms with van der Waals surface area (Å²) in [7, 11) is 1.95. The zero-order chi connectivity index (χ0) is 11.4. The second kappa shape index (κ2) is 5.23. The molecule has 0 aliphatic carbocycles. The molecule has 86 valence electrons. The number of nitrogens with zero attached hydrogens (tertiary/aromatic N) is 2. The van der Waals surface area contributed by atoms with Gasteiger partial charge in [-0.15, -0.1) is 5.10 Å². The third-order valence-corrected chi connectivity index (χ3v) is 3.45. The van der Waals surface area contributed by atoms with E-state index in [2.05, 4.69) is 21.8 Å². The zero-order valence-corrected chi connectivity index (χ0v) is 10.3. The van der Waals surface area contributed by atoms with Crippen molar-refractivity contribution in [1.29, 1.82) is 0 Å². The fraction of sp³-hybridized carbons (Fsp3) is 0.455. The molecule has 0 spiro atoms. The molecule has 1 atom stereocenters. The molecule has 0 amide bonds. The van der Waals surface area contributed by atoms with E-state index in [-0.39, 0.29) is 6.04 Å². The van der Waals surface area contributed by atoms with Crippen LogP contribution in [-0.4, -0.2) is 16.6 Å². The fourth-order valence-electron chi connectivity index (χ4n) is 1.68. The van der Waals surface area contributed by atoms with Gasteiger partial charge in [0, 0.05) is 6.42 Å². The maximum absolute atomic E-state index is 5.36. The van der Waals surface area contributed by atoms with E-state index in [1.165, 1.54) is 16.4 Å². The quantitative estimate of drug-likeness (QED) is 0.866. The maximum atomic E-state index is 5.36. The maximum Gasteiger partial charge on any atom is 0.105 e. The van der Waals surface area contributed by atoms with Gasteiger partial charge in [-0.2, -0.15) is 0 Å². The Morgan fingerprint density at radius 1 is 1.56 bits per heavy atom. The molecule has 4 nitrogen and oxygen atoms in total. The first-order valence-electron chi connectivity index (χ1n) is 5.36. The van der Waals surface area contributed by atoms with Crippen molar-refractivity contribution in [2.24, 2.45) is 0 Å². The molecule has 16 heavy (non-hydrogen) atoms. The summed E-state index contributed by atoms with van der Waals surface area (Å²) in [6.45, 7) is 2.10. The lowest BCUT2D eigenvalue weighted by atomic mass is 10.1. The van der Waals surface area contributed by atoms with Crippen molar-refractivity contribution < 1.29 is 4.42 Å². The molecule has 0 saturated heterocycles. The second-order valence-corrected chi connectivity index (χ2v) is 4.35. The van der Waals surface area contributed by atoms with E-state index < -0.39 is 0 Å². The minimum atomic E-state index is 0.237. The topological polar surface area (TPSA) is 51.0 Å². The van der Waals surface area contributed by atoms with Crippen molar-refractivity contribution in [1.82, 2.24) is 14.9 Å². The number of rotatable bonds is 5. The van der Waals surface area contributed by atoms with Crippen molar-refractivity contribution in [3.05, 3.63) is 34.7 Å². The largest absolute Gasteiger partial charge is 0.469 e. The molecule has 0 fully saturated rings. The van der Waals surface area contributed by atoms with Crippen LogP contribution in [0.1, 0.15) is 29.3 Å². The first-order valence-corrected chi connectivity index (χ1v) is 6.13. The number of likely N-dealkylation sites (N-methyl/N-ethyl adjacent to an activating group) is 1. The van der Waals surface area contributed by atoms with Crippen molar-refractivity contribution in [2.45, 2.75) is 25.8 Å². The van der Waals surface area contributed by atoms with Crippen LogP contribution in [0.15, 0.2) is 22.8 Å². The average molecular weight is 237 g/mol. The Kier molecular flexibility index (Phi) is 3.69. The van der Waals surface area contributed by atoms with Gasteiger partial charge in [-0.3, -0.25) is 0 Å². The highest BCUT2D eigenvalue weighted by Gasteiger charge is 2.18. The van der Waals surface area contributed by atoms with Crippen LogP contribution in [0.5, 0.6) is 0 Å². The van der Waals surface area contributed by atoms with Crippen molar-refractivity contribution in [3.63, 3.8) is 0 Å². The molecule has 0 radical (unpaired) electrons. The van der Waals surface area contributed by atoms with Crippen molar-refractivity contribution >= 4 is 11.5 Å². The highest BCUT2D eigenvalue weighted by atomic mass is 32.1. The standard InChI is InChI=1S/C11H15N3OS/c1-3-9-11(16-14-13-9)10(12-2)7-8-5-4-6-15-8/h4-6,10,12H,3,7H2,1-2H3. The molecule has 0 aliphatic heterocycles. The summed E-state index contributed by atoms with van der Waals surface area (Å²) >= 11 is 1.46. The molecule has 1 N–H and O–H groups in total. The van der Waals surface area contributed by atoms with E-state index in [0.29, 0.717) is 0 Å². The minimum absolute atomic E-state index is 0.237. The summed E-state index contributed by atoms with van der Waals surface area (Å²) in [4.78, 5) is 1.21. The van der Waals surface area contributed by atoms with E-state index in [4.69, 9.17) is 4.42 Å². The molecule has 2 rings (SSSR count). The molecule has 2 heterocycles. The van der Waals surface area contributed by atoms with Crippen LogP contribution in [0.2, 0.25) is 0 Å². The molecular weight excluding hydrogens is 222 g/mol. The molecule has 0 saturated carbocycles. The highest BCUT2D eigenvalue weighted by Crippen LogP contribution is 2.24. The summed E-state index contributed by atoms with van der Waals surface area (Å²) in [5, 5.41) is 7.42. The lowest BCUT2D eigenvalue weighted by Gasteiger charge is -2.13. The molecular formula is C11H15N3OS. The molecule has 0 aromatic carbocycles. The zero-order valence-electron chi connectivity index (χ0n) is 9.43. The van der Waals surface area contributed by atoms with Gasteiger partial charge in [-0.1, -0.05) is 11.4 Å². The molecule has 0 aliphatic rings. The van der Waals surface area contributed by atoms with Gasteiger partial charge >= 0.3 is 0 Å². The van der Waals surface area contributed by atoms with Crippen LogP contribution >= 0.6 is 11.5 Å². The summed E-state index contributed by atoms with van der Waals surface area (Å²) in [6, 6.07) is 4.14. The van der Waals surface area contributed by atoms with Gasteiger partial charge in [0.25, 0.3) is 0 Å². The van der Waals surface area contributed by atoms with Gasteiger partial charge in [0.1, 0.15) is 5.76 Å². The van der Waals surface area contributed by atoms with E-state index in [9.17, 15) is 0 Å². The molecule has 2 aromatic rings. The first-order chi connectivity index (χ1) is 7.85. The lowest BCUT2D eigenvalue weighted by Crippen LogP contribution is -2.18. The predicted molar refractivity (Wildman–Crippen MR) is 63.5 cm³/mol. The number of aromatic nitrogens is 2. The smallest absolute Gasteiger partial charge is 0.105 e. The first kappa shape index (κ1) is 11.3. The van der Waals surface area contributed by atoms with Crippen LogP contribution in [0, 0.1) is 0 Å². The number of hydrogen-bond donors (Lipinski definition) is 1. The van der Waals surface area contributed by atoms with E-state index >= 15 is 0 Å². The van der Waals surface area contributed by atoms with Crippen molar-refractivity contribution in [3.8, 4) is 0 Å². The van der Waals surface area contributed by atoms with Gasteiger partial charge in [0.2, 0.25) is 0 Å². The van der Waals surface area contributed by atoms with E-state index in [1.807, 2.05) is 19.2 Å². The second-order valence-electron chi connectivity index (χ2n) is 3.56. The average Bonchev–Trinajstić information content (AvgIpc) is 2.96. The summed E-state index contributed by atoms with van der Waals surface area (Å²) in [5.74, 6) is 0.981. The Bertz CT molecular complexity index is 424. The fourth-order valence-corrected chi connectivity index (χ4v) is 2.53.